The number of hydroxylamine groups is 1. The molecule has 4 heterocycles. The van der Waals surface area contributed by atoms with Crippen LogP contribution in [-0.2, 0) is 22.5 Å². The average molecular weight is 552 g/mol. The van der Waals surface area contributed by atoms with Crippen LogP contribution >= 0.6 is 0 Å². The first-order chi connectivity index (χ1) is 17.3. The molecule has 0 saturated carbocycles. The number of nitrogens with zero attached hydrogens (tertiary/aromatic N) is 1. The van der Waals surface area contributed by atoms with Crippen molar-refractivity contribution in [2.75, 3.05) is 6.61 Å². The SMILES string of the molecule is C#C[C@H]1NOC2C3O[Si](C(C)C)(C(C)C)O[Si](C(C)C)(C(C)C)OC[C@@]31O[C@H]2n1cc(C)c(=O)[nH]c1=O. The summed E-state index contributed by atoms with van der Waals surface area (Å²) in [6.07, 6.45) is 5.18. The van der Waals surface area contributed by atoms with Crippen LogP contribution in [0.1, 0.15) is 67.2 Å². The second-order valence-electron chi connectivity index (χ2n) is 11.7. The number of aryl methyl sites for hydroxylation is 1. The maximum Gasteiger partial charge on any atom is 0.335 e. The number of terminal acetylenes is 1. The Hall–Kier alpha value is -1.57. The summed E-state index contributed by atoms with van der Waals surface area (Å²) in [5.41, 5.74) is 1.62. The largest absolute Gasteiger partial charge is 0.414 e. The smallest absolute Gasteiger partial charge is 0.335 e. The highest BCUT2D eigenvalue weighted by Crippen LogP contribution is 2.53. The van der Waals surface area contributed by atoms with Crippen molar-refractivity contribution in [1.82, 2.24) is 15.0 Å². The van der Waals surface area contributed by atoms with Gasteiger partial charge in [-0.05, 0) is 29.1 Å². The molecule has 12 heteroatoms. The van der Waals surface area contributed by atoms with Gasteiger partial charge >= 0.3 is 22.8 Å². The Balaban J connectivity index is 1.94. The molecular formula is C25H41N3O7Si2. The van der Waals surface area contributed by atoms with Crippen molar-refractivity contribution in [3.05, 3.63) is 32.6 Å². The summed E-state index contributed by atoms with van der Waals surface area (Å²) >= 11 is 0. The second-order valence-corrected chi connectivity index (χ2v) is 20.6. The van der Waals surface area contributed by atoms with Crippen molar-refractivity contribution in [3.63, 3.8) is 0 Å². The molecule has 206 valence electrons. The molecule has 1 aromatic rings. The van der Waals surface area contributed by atoms with Gasteiger partial charge < -0.3 is 17.7 Å². The number of aromatic nitrogens is 2. The lowest BCUT2D eigenvalue weighted by molar-refractivity contribution is -0.180. The number of rotatable bonds is 5. The normalized spacial score (nSPS) is 32.9. The van der Waals surface area contributed by atoms with E-state index >= 15 is 0 Å². The summed E-state index contributed by atoms with van der Waals surface area (Å²) in [7, 11) is -5.88. The highest BCUT2D eigenvalue weighted by atomic mass is 28.5. The van der Waals surface area contributed by atoms with Gasteiger partial charge in [-0.25, -0.2) is 4.79 Å². The predicted molar refractivity (Wildman–Crippen MR) is 143 cm³/mol. The van der Waals surface area contributed by atoms with Gasteiger partial charge in [0.25, 0.3) is 5.56 Å². The highest BCUT2D eigenvalue weighted by molar-refractivity contribution is 6.84. The Bertz CT molecular complexity index is 1160. The topological polar surface area (TPSA) is 113 Å². The first-order valence-electron chi connectivity index (χ1n) is 13.1. The third-order valence-electron chi connectivity index (χ3n) is 8.17. The molecule has 2 N–H and O–H groups in total. The van der Waals surface area contributed by atoms with E-state index in [1.807, 2.05) is 0 Å². The van der Waals surface area contributed by atoms with Gasteiger partial charge in [0.2, 0.25) is 0 Å². The number of aromatic amines is 1. The van der Waals surface area contributed by atoms with Gasteiger partial charge in [-0.3, -0.25) is 19.2 Å². The minimum atomic E-state index is -3.01. The molecule has 5 atom stereocenters. The van der Waals surface area contributed by atoms with Gasteiger partial charge in [0.05, 0.1) is 6.61 Å². The number of nitrogens with one attached hydrogen (secondary N) is 2. The molecule has 3 aliphatic heterocycles. The molecule has 3 fully saturated rings. The van der Waals surface area contributed by atoms with E-state index in [-0.39, 0.29) is 28.8 Å². The van der Waals surface area contributed by atoms with Crippen LogP contribution in [0.4, 0.5) is 0 Å². The number of ether oxygens (including phenoxy) is 1. The van der Waals surface area contributed by atoms with E-state index in [0.29, 0.717) is 5.56 Å². The number of H-pyrrole nitrogens is 1. The van der Waals surface area contributed by atoms with Crippen LogP contribution in [0, 0.1) is 19.3 Å². The van der Waals surface area contributed by atoms with Crippen LogP contribution in [0.25, 0.3) is 0 Å². The molecular weight excluding hydrogens is 510 g/mol. The van der Waals surface area contributed by atoms with Crippen molar-refractivity contribution in [3.8, 4) is 12.3 Å². The molecule has 3 saturated heterocycles. The fourth-order valence-electron chi connectivity index (χ4n) is 6.05. The van der Waals surface area contributed by atoms with E-state index in [4.69, 9.17) is 29.0 Å². The monoisotopic (exact) mass is 551 g/mol. The summed E-state index contributed by atoms with van der Waals surface area (Å²) < 4.78 is 29.5. The molecule has 0 spiro atoms. The molecule has 4 rings (SSSR count). The Morgan fingerprint density at radius 2 is 1.65 bits per heavy atom. The molecule has 0 radical (unpaired) electrons. The zero-order valence-corrected chi connectivity index (χ0v) is 25.3. The second kappa shape index (κ2) is 9.87. The maximum atomic E-state index is 12.9. The van der Waals surface area contributed by atoms with Crippen LogP contribution in [0.15, 0.2) is 15.8 Å². The predicted octanol–water partition coefficient (Wildman–Crippen LogP) is 2.97. The highest BCUT2D eigenvalue weighted by Gasteiger charge is 2.70. The van der Waals surface area contributed by atoms with Crippen molar-refractivity contribution in [1.29, 1.82) is 0 Å². The Morgan fingerprint density at radius 3 is 2.19 bits per heavy atom. The van der Waals surface area contributed by atoms with E-state index in [0.717, 1.165) is 0 Å². The first-order valence-corrected chi connectivity index (χ1v) is 17.1. The Morgan fingerprint density at radius 1 is 1.05 bits per heavy atom. The summed E-state index contributed by atoms with van der Waals surface area (Å²) in [4.78, 5) is 33.4. The lowest BCUT2D eigenvalue weighted by atomic mass is 9.87. The molecule has 0 aromatic carbocycles. The Kier molecular flexibility index (Phi) is 7.59. The van der Waals surface area contributed by atoms with Crippen LogP contribution in [0.3, 0.4) is 0 Å². The quantitative estimate of drug-likeness (QED) is 0.424. The molecule has 37 heavy (non-hydrogen) atoms. The molecule has 1 aromatic heterocycles. The van der Waals surface area contributed by atoms with E-state index in [2.05, 4.69) is 71.8 Å². The third kappa shape index (κ3) is 4.24. The molecule has 10 nitrogen and oxygen atoms in total. The number of hydrogen-bond donors (Lipinski definition) is 2. The van der Waals surface area contributed by atoms with Gasteiger partial charge in [-0.15, -0.1) is 6.42 Å². The summed E-state index contributed by atoms with van der Waals surface area (Å²) in [6, 6.07) is -0.701. The van der Waals surface area contributed by atoms with Gasteiger partial charge in [0.1, 0.15) is 17.7 Å². The van der Waals surface area contributed by atoms with Gasteiger partial charge in [0, 0.05) is 11.8 Å². The van der Waals surface area contributed by atoms with E-state index in [1.54, 1.807) is 6.92 Å². The van der Waals surface area contributed by atoms with E-state index in [1.165, 1.54) is 10.8 Å². The van der Waals surface area contributed by atoms with Crippen LogP contribution in [0.5, 0.6) is 0 Å². The zero-order valence-electron chi connectivity index (χ0n) is 23.3. The third-order valence-corrected chi connectivity index (χ3v) is 18.4. The van der Waals surface area contributed by atoms with Crippen molar-refractivity contribution >= 4 is 17.1 Å². The van der Waals surface area contributed by atoms with Crippen LogP contribution in [-0.4, -0.2) is 57.1 Å². The standard InChI is InChI=1S/C25H41N3O7Si2/c1-11-19-25-13-31-36(14(2)3,15(4)5)35-37(16(6)7,17(8)9)34-21(25)20(33-27-19)23(32-25)28-12-18(10)22(29)26-24(28)30/h1,12,14-17,19-21,23,27H,13H2,2-10H3,(H,26,29,30)/t19-,20?,21?,23-,25+/m1/s1. The molecule has 2 unspecified atom stereocenters. The zero-order chi connectivity index (χ0) is 27.5. The summed E-state index contributed by atoms with van der Waals surface area (Å²) in [6.45, 7) is 18.9. The van der Waals surface area contributed by atoms with Gasteiger partial charge in [-0.2, -0.15) is 5.48 Å². The van der Waals surface area contributed by atoms with Gasteiger partial charge in [0.15, 0.2) is 12.3 Å². The minimum Gasteiger partial charge on any atom is -0.414 e. The van der Waals surface area contributed by atoms with Crippen LogP contribution in [0.2, 0.25) is 22.2 Å². The summed E-state index contributed by atoms with van der Waals surface area (Å²) in [5, 5.41) is 0. The van der Waals surface area contributed by atoms with Crippen molar-refractivity contribution < 1.29 is 22.5 Å². The van der Waals surface area contributed by atoms with E-state index in [9.17, 15) is 9.59 Å². The van der Waals surface area contributed by atoms with Crippen LogP contribution < -0.4 is 16.7 Å². The van der Waals surface area contributed by atoms with E-state index < -0.39 is 58.4 Å². The molecule has 0 amide bonds. The summed E-state index contributed by atoms with van der Waals surface area (Å²) in [5.74, 6) is 2.77. The minimum absolute atomic E-state index is 0.0886. The fraction of sp³-hybridized carbons (Fsp3) is 0.760. The molecule has 0 aliphatic carbocycles. The average Bonchev–Trinajstić information content (AvgIpc) is 2.98. The maximum absolute atomic E-state index is 12.9. The molecule has 2 bridgehead atoms. The van der Waals surface area contributed by atoms with Crippen molar-refractivity contribution in [2.45, 2.75) is 115 Å². The molecule has 3 aliphatic rings. The first kappa shape index (κ1) is 28.4. The lowest BCUT2D eigenvalue weighted by Gasteiger charge is -2.55. The lowest BCUT2D eigenvalue weighted by Crippen LogP contribution is -2.73. The Labute approximate surface area is 220 Å². The fourth-order valence-corrected chi connectivity index (χ4v) is 17.3. The van der Waals surface area contributed by atoms with Crippen molar-refractivity contribution in [2.24, 2.45) is 0 Å². The van der Waals surface area contributed by atoms with Gasteiger partial charge in [-0.1, -0.05) is 61.3 Å². The number of hydrogen-bond acceptors (Lipinski definition) is 8.